The van der Waals surface area contributed by atoms with E-state index in [1.54, 1.807) is 41.4 Å². The third-order valence-corrected chi connectivity index (χ3v) is 6.29. The number of aryl methyl sites for hydroxylation is 1. The second-order valence-corrected chi connectivity index (χ2v) is 8.58. The van der Waals surface area contributed by atoms with E-state index in [1.165, 1.54) is 18.4 Å². The van der Waals surface area contributed by atoms with Gasteiger partial charge in [-0.3, -0.25) is 4.79 Å². The number of aromatic nitrogens is 1. The minimum absolute atomic E-state index is 0.198. The van der Waals surface area contributed by atoms with Gasteiger partial charge in [0.15, 0.2) is 0 Å². The van der Waals surface area contributed by atoms with E-state index >= 15 is 0 Å². The van der Waals surface area contributed by atoms with E-state index in [2.05, 4.69) is 4.98 Å². The lowest BCUT2D eigenvalue weighted by molar-refractivity contribution is 0.0980. The smallest absolute Gasteiger partial charge is 0.263 e. The Labute approximate surface area is 159 Å². The summed E-state index contributed by atoms with van der Waals surface area (Å²) >= 11 is 0. The molecule has 2 heterocycles. The van der Waals surface area contributed by atoms with Crippen molar-refractivity contribution >= 4 is 21.6 Å². The minimum Gasteiger partial charge on any atom is -0.477 e. The number of rotatable bonds is 5. The number of hydrogen-bond acceptors (Lipinski definition) is 5. The van der Waals surface area contributed by atoms with Crippen LogP contribution in [0, 0.1) is 0 Å². The first-order valence-corrected chi connectivity index (χ1v) is 10.3. The average Bonchev–Trinajstić information content (AvgIpc) is 2.67. The standard InChI is InChI=1S/C19H23N3O4S/c1-4-26-18-16(8-5-11-20-18)19(23)22-12-6-7-14-13-15(9-10-17(14)22)27(24,25)21(2)3/h5,8-11,13H,4,6-7,12H2,1-3H3. The number of ether oxygens (including phenoxy) is 1. The van der Waals surface area contributed by atoms with E-state index in [9.17, 15) is 13.2 Å². The van der Waals surface area contributed by atoms with Crippen LogP contribution in [0.2, 0.25) is 0 Å². The molecule has 0 unspecified atom stereocenters. The molecule has 1 aliphatic rings. The van der Waals surface area contributed by atoms with Gasteiger partial charge in [0.05, 0.1) is 11.5 Å². The van der Waals surface area contributed by atoms with Crippen molar-refractivity contribution in [1.29, 1.82) is 0 Å². The van der Waals surface area contributed by atoms with E-state index in [-0.39, 0.29) is 10.8 Å². The van der Waals surface area contributed by atoms with Crippen LogP contribution >= 0.6 is 0 Å². The Morgan fingerprint density at radius 3 is 2.78 bits per heavy atom. The normalized spacial score (nSPS) is 14.1. The summed E-state index contributed by atoms with van der Waals surface area (Å²) in [5.74, 6) is 0.111. The predicted octanol–water partition coefficient (Wildman–Crippen LogP) is 2.32. The summed E-state index contributed by atoms with van der Waals surface area (Å²) in [6.45, 7) is 2.82. The summed E-state index contributed by atoms with van der Waals surface area (Å²) in [6, 6.07) is 8.32. The van der Waals surface area contributed by atoms with Crippen molar-refractivity contribution in [1.82, 2.24) is 9.29 Å². The summed E-state index contributed by atoms with van der Waals surface area (Å²) in [6.07, 6.45) is 3.07. The van der Waals surface area contributed by atoms with Crippen molar-refractivity contribution in [2.75, 3.05) is 32.1 Å². The van der Waals surface area contributed by atoms with E-state index in [4.69, 9.17) is 4.74 Å². The zero-order valence-corrected chi connectivity index (χ0v) is 16.5. The van der Waals surface area contributed by atoms with Crippen LogP contribution in [-0.4, -0.2) is 50.9 Å². The molecule has 1 amide bonds. The summed E-state index contributed by atoms with van der Waals surface area (Å²) < 4.78 is 31.5. The molecule has 27 heavy (non-hydrogen) atoms. The van der Waals surface area contributed by atoms with Crippen LogP contribution in [0.15, 0.2) is 41.4 Å². The highest BCUT2D eigenvalue weighted by Crippen LogP contribution is 2.32. The Morgan fingerprint density at radius 1 is 1.30 bits per heavy atom. The summed E-state index contributed by atoms with van der Waals surface area (Å²) in [5.41, 5.74) is 1.98. The maximum atomic E-state index is 13.1. The Kier molecular flexibility index (Phi) is 5.48. The summed E-state index contributed by atoms with van der Waals surface area (Å²) in [7, 11) is -0.510. The first-order chi connectivity index (χ1) is 12.9. The zero-order chi connectivity index (χ0) is 19.6. The molecule has 0 aliphatic carbocycles. The summed E-state index contributed by atoms with van der Waals surface area (Å²) in [4.78, 5) is 19.2. The fourth-order valence-electron chi connectivity index (χ4n) is 3.11. The molecule has 1 aromatic heterocycles. The van der Waals surface area contributed by atoms with Gasteiger partial charge >= 0.3 is 0 Å². The highest BCUT2D eigenvalue weighted by molar-refractivity contribution is 7.89. The molecule has 0 bridgehead atoms. The van der Waals surface area contributed by atoms with Crippen LogP contribution in [0.25, 0.3) is 0 Å². The molecular weight excluding hydrogens is 366 g/mol. The molecule has 0 atom stereocenters. The van der Waals surface area contributed by atoms with Gasteiger partial charge in [-0.15, -0.1) is 0 Å². The van der Waals surface area contributed by atoms with Crippen molar-refractivity contribution in [2.24, 2.45) is 0 Å². The first kappa shape index (κ1) is 19.3. The van der Waals surface area contributed by atoms with Gasteiger partial charge in [-0.1, -0.05) is 0 Å². The second-order valence-electron chi connectivity index (χ2n) is 6.43. The van der Waals surface area contributed by atoms with Crippen LogP contribution in [0.1, 0.15) is 29.3 Å². The number of anilines is 1. The Morgan fingerprint density at radius 2 is 2.07 bits per heavy atom. The SMILES string of the molecule is CCOc1ncccc1C(=O)N1CCCc2cc(S(=O)(=O)N(C)C)ccc21. The van der Waals surface area contributed by atoms with Gasteiger partial charge in [-0.05, 0) is 55.7 Å². The molecule has 7 nitrogen and oxygen atoms in total. The van der Waals surface area contributed by atoms with Gasteiger partial charge in [0.1, 0.15) is 5.56 Å². The number of fused-ring (bicyclic) bond motifs is 1. The number of amides is 1. The number of hydrogen-bond donors (Lipinski definition) is 0. The second kappa shape index (κ2) is 7.66. The molecule has 0 radical (unpaired) electrons. The number of carbonyl (C=O) groups is 1. The lowest BCUT2D eigenvalue weighted by atomic mass is 10.0. The number of benzene rings is 1. The van der Waals surface area contributed by atoms with Gasteiger partial charge in [-0.2, -0.15) is 0 Å². The van der Waals surface area contributed by atoms with E-state index in [1.807, 2.05) is 6.92 Å². The average molecular weight is 389 g/mol. The van der Waals surface area contributed by atoms with Crippen LogP contribution in [-0.2, 0) is 16.4 Å². The lowest BCUT2D eigenvalue weighted by Gasteiger charge is -2.30. The molecule has 1 aromatic carbocycles. The maximum Gasteiger partial charge on any atom is 0.263 e. The van der Waals surface area contributed by atoms with Gasteiger partial charge in [0.2, 0.25) is 15.9 Å². The van der Waals surface area contributed by atoms with E-state index < -0.39 is 10.0 Å². The molecule has 2 aromatic rings. The van der Waals surface area contributed by atoms with Crippen molar-refractivity contribution in [3.8, 4) is 5.88 Å². The van der Waals surface area contributed by atoms with Crippen molar-refractivity contribution < 1.29 is 17.9 Å². The van der Waals surface area contributed by atoms with Gasteiger partial charge in [0, 0.05) is 32.5 Å². The monoisotopic (exact) mass is 389 g/mol. The largest absolute Gasteiger partial charge is 0.477 e. The lowest BCUT2D eigenvalue weighted by Crippen LogP contribution is -2.36. The van der Waals surface area contributed by atoms with Gasteiger partial charge in [0.25, 0.3) is 5.91 Å². The van der Waals surface area contributed by atoms with Crippen molar-refractivity contribution in [3.63, 3.8) is 0 Å². The third kappa shape index (κ3) is 3.68. The van der Waals surface area contributed by atoms with Gasteiger partial charge in [-0.25, -0.2) is 17.7 Å². The van der Waals surface area contributed by atoms with E-state index in [0.29, 0.717) is 24.6 Å². The molecule has 3 rings (SSSR count). The molecule has 144 valence electrons. The van der Waals surface area contributed by atoms with Crippen LogP contribution in [0.4, 0.5) is 5.69 Å². The minimum atomic E-state index is -3.51. The van der Waals surface area contributed by atoms with Crippen molar-refractivity contribution in [2.45, 2.75) is 24.7 Å². The highest BCUT2D eigenvalue weighted by Gasteiger charge is 2.28. The number of carbonyl (C=O) groups excluding carboxylic acids is 1. The molecule has 0 fully saturated rings. The molecular formula is C19H23N3O4S. The predicted molar refractivity (Wildman–Crippen MR) is 103 cm³/mol. The van der Waals surface area contributed by atoms with Crippen LogP contribution in [0.5, 0.6) is 5.88 Å². The molecule has 0 saturated heterocycles. The Balaban J connectivity index is 1.99. The number of nitrogens with zero attached hydrogens (tertiary/aromatic N) is 3. The highest BCUT2D eigenvalue weighted by atomic mass is 32.2. The topological polar surface area (TPSA) is 79.8 Å². The zero-order valence-electron chi connectivity index (χ0n) is 15.7. The Bertz CT molecular complexity index is 957. The number of sulfonamides is 1. The molecule has 1 aliphatic heterocycles. The fourth-order valence-corrected chi connectivity index (χ4v) is 4.06. The van der Waals surface area contributed by atoms with Crippen LogP contribution < -0.4 is 9.64 Å². The maximum absolute atomic E-state index is 13.1. The fraction of sp³-hybridized carbons (Fsp3) is 0.368. The van der Waals surface area contributed by atoms with Crippen molar-refractivity contribution in [3.05, 3.63) is 47.7 Å². The molecule has 0 saturated carbocycles. The van der Waals surface area contributed by atoms with E-state index in [0.717, 1.165) is 24.1 Å². The molecule has 8 heteroatoms. The van der Waals surface area contributed by atoms with Gasteiger partial charge < -0.3 is 9.64 Å². The molecule has 0 N–H and O–H groups in total. The third-order valence-electron chi connectivity index (χ3n) is 4.48. The quantitative estimate of drug-likeness (QED) is 0.784. The number of pyridine rings is 1. The summed E-state index contributed by atoms with van der Waals surface area (Å²) in [5, 5.41) is 0. The Hall–Kier alpha value is -2.45. The first-order valence-electron chi connectivity index (χ1n) is 8.81. The molecule has 0 spiro atoms. The van der Waals surface area contributed by atoms with Crippen LogP contribution in [0.3, 0.4) is 0 Å².